The first kappa shape index (κ1) is 12.2. The molecule has 2 unspecified atom stereocenters. The molecule has 0 fully saturated rings. The van der Waals surface area contributed by atoms with Gasteiger partial charge in [0, 0.05) is 13.0 Å². The maximum absolute atomic E-state index is 9.83. The summed E-state index contributed by atoms with van der Waals surface area (Å²) in [4.78, 5) is 0. The highest BCUT2D eigenvalue weighted by atomic mass is 16.5. The molecule has 4 N–H and O–H groups in total. The summed E-state index contributed by atoms with van der Waals surface area (Å²) in [7, 11) is 0. The van der Waals surface area contributed by atoms with Crippen molar-refractivity contribution in [1.82, 2.24) is 0 Å². The number of aliphatic hydroxyl groups excluding tert-OH is 2. The Hall–Kier alpha value is -1.30. The number of hydrogen-bond donors (Lipinski definition) is 3. The van der Waals surface area contributed by atoms with Gasteiger partial charge in [-0.25, -0.2) is 0 Å². The van der Waals surface area contributed by atoms with Gasteiger partial charge >= 0.3 is 0 Å². The number of hydrogen-bond acceptors (Lipinski definition) is 5. The van der Waals surface area contributed by atoms with Crippen molar-refractivity contribution in [2.75, 3.05) is 19.8 Å². The zero-order valence-electron chi connectivity index (χ0n) is 9.50. The van der Waals surface area contributed by atoms with Crippen LogP contribution in [-0.4, -0.2) is 36.1 Å². The van der Waals surface area contributed by atoms with Crippen LogP contribution < -0.4 is 15.2 Å². The topological polar surface area (TPSA) is 84.9 Å². The molecule has 0 bridgehead atoms. The van der Waals surface area contributed by atoms with E-state index in [1.165, 1.54) is 0 Å². The van der Waals surface area contributed by atoms with Gasteiger partial charge in [0.05, 0.1) is 19.3 Å². The van der Waals surface area contributed by atoms with Crippen LogP contribution in [0.3, 0.4) is 0 Å². The SMILES string of the molecule is NCC(O)C(O)c1ccc2c(c1)OCCCO2. The van der Waals surface area contributed by atoms with Crippen LogP contribution in [0, 0.1) is 0 Å². The van der Waals surface area contributed by atoms with Gasteiger partial charge in [0.15, 0.2) is 11.5 Å². The number of rotatable bonds is 3. The van der Waals surface area contributed by atoms with Crippen molar-refractivity contribution < 1.29 is 19.7 Å². The lowest BCUT2D eigenvalue weighted by atomic mass is 10.0. The van der Waals surface area contributed by atoms with Crippen LogP contribution in [0.4, 0.5) is 0 Å². The van der Waals surface area contributed by atoms with E-state index in [-0.39, 0.29) is 6.54 Å². The minimum Gasteiger partial charge on any atom is -0.490 e. The highest BCUT2D eigenvalue weighted by molar-refractivity contribution is 5.44. The summed E-state index contributed by atoms with van der Waals surface area (Å²) in [6, 6.07) is 5.13. The molecule has 1 heterocycles. The predicted molar refractivity (Wildman–Crippen MR) is 62.1 cm³/mol. The van der Waals surface area contributed by atoms with Crippen molar-refractivity contribution in [3.05, 3.63) is 23.8 Å². The van der Waals surface area contributed by atoms with Gasteiger partial charge in [0.1, 0.15) is 6.10 Å². The number of fused-ring (bicyclic) bond motifs is 1. The zero-order chi connectivity index (χ0) is 12.3. The molecular weight excluding hydrogens is 222 g/mol. The molecule has 0 spiro atoms. The van der Waals surface area contributed by atoms with Gasteiger partial charge < -0.3 is 25.4 Å². The molecule has 2 atom stereocenters. The van der Waals surface area contributed by atoms with E-state index in [0.29, 0.717) is 30.3 Å². The molecular formula is C12H17NO4. The van der Waals surface area contributed by atoms with Gasteiger partial charge in [-0.1, -0.05) is 6.07 Å². The summed E-state index contributed by atoms with van der Waals surface area (Å²) in [5.74, 6) is 1.27. The van der Waals surface area contributed by atoms with Gasteiger partial charge in [-0.3, -0.25) is 0 Å². The van der Waals surface area contributed by atoms with Crippen LogP contribution in [0.15, 0.2) is 18.2 Å². The third-order valence-corrected chi connectivity index (χ3v) is 2.72. The average molecular weight is 239 g/mol. The molecule has 0 saturated heterocycles. The van der Waals surface area contributed by atoms with Crippen LogP contribution in [0.1, 0.15) is 18.1 Å². The van der Waals surface area contributed by atoms with Crippen molar-refractivity contribution in [2.24, 2.45) is 5.73 Å². The van der Waals surface area contributed by atoms with Crippen LogP contribution in [0.25, 0.3) is 0 Å². The number of benzene rings is 1. The normalized spacial score (nSPS) is 18.3. The summed E-state index contributed by atoms with van der Waals surface area (Å²) in [6.45, 7) is 1.22. The molecule has 1 aliphatic heterocycles. The fraction of sp³-hybridized carbons (Fsp3) is 0.500. The standard InChI is InChI=1S/C12H17NO4/c13-7-9(14)12(15)8-2-3-10-11(6-8)17-5-1-4-16-10/h2-3,6,9,12,14-15H,1,4-5,7,13H2. The van der Waals surface area contributed by atoms with Crippen LogP contribution in [-0.2, 0) is 0 Å². The fourth-order valence-corrected chi connectivity index (χ4v) is 1.71. The van der Waals surface area contributed by atoms with E-state index >= 15 is 0 Å². The van der Waals surface area contributed by atoms with E-state index in [1.807, 2.05) is 0 Å². The molecule has 0 aromatic heterocycles. The Morgan fingerprint density at radius 2 is 1.88 bits per heavy atom. The minimum atomic E-state index is -1.00. The third-order valence-electron chi connectivity index (χ3n) is 2.72. The molecule has 0 aliphatic carbocycles. The summed E-state index contributed by atoms with van der Waals surface area (Å²) < 4.78 is 11.0. The van der Waals surface area contributed by atoms with E-state index in [2.05, 4.69) is 0 Å². The second-order valence-corrected chi connectivity index (χ2v) is 4.00. The molecule has 0 saturated carbocycles. The number of nitrogens with two attached hydrogens (primary N) is 1. The third kappa shape index (κ3) is 2.69. The van der Waals surface area contributed by atoms with Crippen molar-refractivity contribution in [3.8, 4) is 11.5 Å². The van der Waals surface area contributed by atoms with E-state index in [9.17, 15) is 10.2 Å². The number of aliphatic hydroxyl groups is 2. The van der Waals surface area contributed by atoms with Crippen molar-refractivity contribution in [2.45, 2.75) is 18.6 Å². The molecule has 5 nitrogen and oxygen atoms in total. The van der Waals surface area contributed by atoms with Crippen LogP contribution >= 0.6 is 0 Å². The van der Waals surface area contributed by atoms with Crippen LogP contribution in [0.5, 0.6) is 11.5 Å². The predicted octanol–water partition coefficient (Wildman–Crippen LogP) is 0.201. The van der Waals surface area contributed by atoms with E-state index in [1.54, 1.807) is 18.2 Å². The minimum absolute atomic E-state index is 0.00953. The van der Waals surface area contributed by atoms with Gasteiger partial charge in [0.25, 0.3) is 0 Å². The van der Waals surface area contributed by atoms with Gasteiger partial charge in [-0.2, -0.15) is 0 Å². The van der Waals surface area contributed by atoms with E-state index in [4.69, 9.17) is 15.2 Å². The Morgan fingerprint density at radius 3 is 2.59 bits per heavy atom. The molecule has 1 aromatic carbocycles. The number of ether oxygens (including phenoxy) is 2. The summed E-state index contributed by atoms with van der Waals surface area (Å²) in [5.41, 5.74) is 5.88. The largest absolute Gasteiger partial charge is 0.490 e. The summed E-state index contributed by atoms with van der Waals surface area (Å²) in [6.07, 6.45) is -1.14. The molecule has 17 heavy (non-hydrogen) atoms. The Kier molecular flexibility index (Phi) is 3.83. The Morgan fingerprint density at radius 1 is 1.18 bits per heavy atom. The van der Waals surface area contributed by atoms with Gasteiger partial charge in [0.2, 0.25) is 0 Å². The van der Waals surface area contributed by atoms with Crippen LogP contribution in [0.2, 0.25) is 0 Å². The quantitative estimate of drug-likeness (QED) is 0.701. The van der Waals surface area contributed by atoms with Crippen molar-refractivity contribution in [3.63, 3.8) is 0 Å². The first-order valence-corrected chi connectivity index (χ1v) is 5.68. The molecule has 1 aliphatic rings. The molecule has 94 valence electrons. The highest BCUT2D eigenvalue weighted by Gasteiger charge is 2.19. The highest BCUT2D eigenvalue weighted by Crippen LogP contribution is 2.32. The molecule has 5 heteroatoms. The lowest BCUT2D eigenvalue weighted by molar-refractivity contribution is 0.0242. The first-order valence-electron chi connectivity index (χ1n) is 5.68. The second-order valence-electron chi connectivity index (χ2n) is 4.00. The molecule has 0 radical (unpaired) electrons. The first-order chi connectivity index (χ1) is 8.22. The van der Waals surface area contributed by atoms with Crippen molar-refractivity contribution in [1.29, 1.82) is 0 Å². The lowest BCUT2D eigenvalue weighted by Crippen LogP contribution is -2.27. The Bertz CT molecular complexity index is 383. The molecule has 0 amide bonds. The Labute approximate surface area is 99.8 Å². The smallest absolute Gasteiger partial charge is 0.161 e. The lowest BCUT2D eigenvalue weighted by Gasteiger charge is -2.17. The van der Waals surface area contributed by atoms with E-state index in [0.717, 1.165) is 6.42 Å². The molecule has 1 aromatic rings. The summed E-state index contributed by atoms with van der Waals surface area (Å²) >= 11 is 0. The maximum atomic E-state index is 9.83. The Balaban J connectivity index is 2.23. The van der Waals surface area contributed by atoms with E-state index < -0.39 is 12.2 Å². The maximum Gasteiger partial charge on any atom is 0.161 e. The fourth-order valence-electron chi connectivity index (χ4n) is 1.71. The van der Waals surface area contributed by atoms with Gasteiger partial charge in [-0.05, 0) is 17.7 Å². The summed E-state index contributed by atoms with van der Waals surface area (Å²) in [5, 5.41) is 19.3. The zero-order valence-corrected chi connectivity index (χ0v) is 9.50. The average Bonchev–Trinajstić information content (AvgIpc) is 2.61. The van der Waals surface area contributed by atoms with Gasteiger partial charge in [-0.15, -0.1) is 0 Å². The van der Waals surface area contributed by atoms with Crippen molar-refractivity contribution >= 4 is 0 Å². The monoisotopic (exact) mass is 239 g/mol. The second kappa shape index (κ2) is 5.35. The molecule has 2 rings (SSSR count).